The molecule has 0 fully saturated rings. The lowest BCUT2D eigenvalue weighted by molar-refractivity contribution is -0.00137. The van der Waals surface area contributed by atoms with Gasteiger partial charge in [0.15, 0.2) is 0 Å². The molecule has 2 aromatic carbocycles. The molecule has 2 aliphatic carbocycles. The second-order valence-electron chi connectivity index (χ2n) is 4.74. The van der Waals surface area contributed by atoms with Gasteiger partial charge in [0.2, 0.25) is 0 Å². The number of allylic oxidation sites excluding steroid dienone is 1. The summed E-state index contributed by atoms with van der Waals surface area (Å²) in [6.45, 7) is 0. The van der Waals surface area contributed by atoms with Crippen molar-refractivity contribution in [2.75, 3.05) is 0 Å². The fraction of sp³-hybridized carbons (Fsp3) is 0. The summed E-state index contributed by atoms with van der Waals surface area (Å²) in [6.07, 6.45) is 4.30. The molecule has 2 nitrogen and oxygen atoms in total. The smallest absolute Gasteiger partial charge is 0.331 e. The van der Waals surface area contributed by atoms with Crippen molar-refractivity contribution in [3.63, 3.8) is 0 Å². The van der Waals surface area contributed by atoms with Gasteiger partial charge in [-0.2, -0.15) is 4.79 Å². The Labute approximate surface area is 110 Å². The van der Waals surface area contributed by atoms with Crippen molar-refractivity contribution in [3.05, 3.63) is 81.2 Å². The minimum absolute atomic E-state index is 0.661. The van der Waals surface area contributed by atoms with Gasteiger partial charge in [-0.25, -0.2) is 0 Å². The molecule has 0 bridgehead atoms. The van der Waals surface area contributed by atoms with Crippen molar-refractivity contribution in [2.45, 2.75) is 0 Å². The summed E-state index contributed by atoms with van der Waals surface area (Å²) in [7, 11) is 0. The van der Waals surface area contributed by atoms with Crippen LogP contribution >= 0.6 is 0 Å². The maximum absolute atomic E-state index is 9.44. The molecular formula is C17H10N2. The predicted molar refractivity (Wildman–Crippen MR) is 75.7 cm³/mol. The Bertz CT molecular complexity index is 910. The quantitative estimate of drug-likeness (QED) is 0.498. The van der Waals surface area contributed by atoms with Crippen LogP contribution < -0.4 is 10.4 Å². The van der Waals surface area contributed by atoms with Gasteiger partial charge in [-0.1, -0.05) is 42.5 Å². The Morgan fingerprint density at radius 1 is 0.842 bits per heavy atom. The van der Waals surface area contributed by atoms with Crippen molar-refractivity contribution < 1.29 is 4.79 Å². The Morgan fingerprint density at radius 2 is 1.63 bits per heavy atom. The fourth-order valence-corrected chi connectivity index (χ4v) is 2.87. The van der Waals surface area contributed by atoms with Crippen molar-refractivity contribution in [1.29, 1.82) is 0 Å². The first-order valence-corrected chi connectivity index (χ1v) is 6.23. The van der Waals surface area contributed by atoms with E-state index >= 15 is 0 Å². The summed E-state index contributed by atoms with van der Waals surface area (Å²) < 4.78 is 0. The molecular weight excluding hydrogens is 232 g/mol. The van der Waals surface area contributed by atoms with Crippen LogP contribution in [0.15, 0.2) is 54.1 Å². The second-order valence-corrected chi connectivity index (χ2v) is 4.74. The highest BCUT2D eigenvalue weighted by Crippen LogP contribution is 2.29. The van der Waals surface area contributed by atoms with E-state index in [0.717, 1.165) is 27.5 Å². The van der Waals surface area contributed by atoms with Gasteiger partial charge < -0.3 is 5.53 Å². The van der Waals surface area contributed by atoms with E-state index in [9.17, 15) is 5.53 Å². The molecule has 0 atom stereocenters. The van der Waals surface area contributed by atoms with Gasteiger partial charge in [-0.3, -0.25) is 0 Å². The molecule has 2 aromatic rings. The zero-order chi connectivity index (χ0) is 12.8. The van der Waals surface area contributed by atoms with Crippen LogP contribution in [0, 0.1) is 0 Å². The van der Waals surface area contributed by atoms with Gasteiger partial charge in [0.25, 0.3) is 0 Å². The van der Waals surface area contributed by atoms with Crippen LogP contribution in [0.25, 0.3) is 23.3 Å². The highest BCUT2D eigenvalue weighted by Gasteiger charge is 2.30. The van der Waals surface area contributed by atoms with Gasteiger partial charge in [-0.15, -0.1) is 0 Å². The third-order valence-electron chi connectivity index (χ3n) is 3.69. The molecule has 0 heterocycles. The minimum atomic E-state index is 0.661. The maximum Gasteiger partial charge on any atom is 0.331 e. The summed E-state index contributed by atoms with van der Waals surface area (Å²) in [4.78, 5) is 3.55. The second kappa shape index (κ2) is 3.64. The summed E-state index contributed by atoms with van der Waals surface area (Å²) in [5.41, 5.74) is 14.3. The van der Waals surface area contributed by atoms with Crippen molar-refractivity contribution in [2.24, 2.45) is 0 Å². The molecule has 19 heavy (non-hydrogen) atoms. The SMILES string of the molecule is [N-]=[N+]=C1C2=c3ccccc3=CC2=Cc2ccccc21. The van der Waals surface area contributed by atoms with Crippen LogP contribution in [0.4, 0.5) is 0 Å². The van der Waals surface area contributed by atoms with Crippen molar-refractivity contribution >= 4 is 23.4 Å². The molecule has 0 aromatic heterocycles. The third kappa shape index (κ3) is 1.32. The number of benzene rings is 2. The van der Waals surface area contributed by atoms with Crippen LogP contribution in [-0.2, 0) is 0 Å². The van der Waals surface area contributed by atoms with E-state index in [1.165, 1.54) is 5.22 Å². The van der Waals surface area contributed by atoms with Gasteiger partial charge in [0.05, 0.1) is 11.1 Å². The molecule has 0 amide bonds. The van der Waals surface area contributed by atoms with Crippen LogP contribution in [-0.4, -0.2) is 10.5 Å². The topological polar surface area (TPSA) is 36.4 Å². The Balaban J connectivity index is 2.20. The highest BCUT2D eigenvalue weighted by atomic mass is 14.9. The summed E-state index contributed by atoms with van der Waals surface area (Å²) in [6, 6.07) is 16.2. The molecule has 0 spiro atoms. The molecule has 0 N–H and O–H groups in total. The Morgan fingerprint density at radius 3 is 2.53 bits per heavy atom. The number of rotatable bonds is 0. The monoisotopic (exact) mass is 242 g/mol. The Kier molecular flexibility index (Phi) is 1.96. The van der Waals surface area contributed by atoms with Crippen LogP contribution in [0.5, 0.6) is 0 Å². The summed E-state index contributed by atoms with van der Waals surface area (Å²) in [5, 5.41) is 2.31. The van der Waals surface area contributed by atoms with E-state index in [-0.39, 0.29) is 0 Å². The molecule has 4 rings (SSSR count). The van der Waals surface area contributed by atoms with Crippen LogP contribution in [0.2, 0.25) is 0 Å². The molecule has 0 saturated carbocycles. The first kappa shape index (κ1) is 10.2. The standard InChI is InChI=1S/C17H10N2/c18-19-17-15-8-4-2-6-12(15)10-13-9-11-5-1-3-7-14(11)16(13)17/h1-10H. The maximum atomic E-state index is 9.44. The highest BCUT2D eigenvalue weighted by molar-refractivity contribution is 6.35. The van der Waals surface area contributed by atoms with Crippen LogP contribution in [0.1, 0.15) is 11.1 Å². The number of hydrogen-bond acceptors (Lipinski definition) is 0. The van der Waals surface area contributed by atoms with Crippen LogP contribution in [0.3, 0.4) is 0 Å². The van der Waals surface area contributed by atoms with Gasteiger partial charge in [0.1, 0.15) is 0 Å². The molecule has 2 aliphatic rings. The number of fused-ring (bicyclic) bond motifs is 3. The first-order valence-electron chi connectivity index (χ1n) is 6.23. The molecule has 88 valence electrons. The zero-order valence-electron chi connectivity index (χ0n) is 10.2. The van der Waals surface area contributed by atoms with E-state index in [4.69, 9.17) is 0 Å². The molecule has 0 aliphatic heterocycles. The Hall–Kier alpha value is -2.70. The first-order chi connectivity index (χ1) is 9.38. The molecule has 2 heteroatoms. The lowest BCUT2D eigenvalue weighted by Gasteiger charge is -2.11. The summed E-state index contributed by atoms with van der Waals surface area (Å²) >= 11 is 0. The minimum Gasteiger partial charge on any atom is -0.361 e. The zero-order valence-corrected chi connectivity index (χ0v) is 10.2. The average molecular weight is 242 g/mol. The van der Waals surface area contributed by atoms with Crippen molar-refractivity contribution in [1.82, 2.24) is 0 Å². The number of nitrogens with zero attached hydrogens (tertiary/aromatic N) is 2. The fourth-order valence-electron chi connectivity index (χ4n) is 2.87. The van der Waals surface area contributed by atoms with E-state index < -0.39 is 0 Å². The van der Waals surface area contributed by atoms with Gasteiger partial charge in [-0.05, 0) is 39.8 Å². The lowest BCUT2D eigenvalue weighted by atomic mass is 9.87. The average Bonchev–Trinajstić information content (AvgIpc) is 2.82. The molecule has 0 radical (unpaired) electrons. The van der Waals surface area contributed by atoms with E-state index in [2.05, 4.69) is 29.1 Å². The lowest BCUT2D eigenvalue weighted by Crippen LogP contribution is -2.25. The van der Waals surface area contributed by atoms with Crippen molar-refractivity contribution in [3.8, 4) is 0 Å². The summed E-state index contributed by atoms with van der Waals surface area (Å²) in [5.74, 6) is 0. The molecule has 0 saturated heterocycles. The molecule has 0 unspecified atom stereocenters. The normalized spacial score (nSPS) is 14.8. The van der Waals surface area contributed by atoms with E-state index in [1.54, 1.807) is 0 Å². The van der Waals surface area contributed by atoms with Gasteiger partial charge in [0, 0.05) is 0 Å². The third-order valence-corrected chi connectivity index (χ3v) is 3.69. The van der Waals surface area contributed by atoms with E-state index in [0.29, 0.717) is 5.71 Å². The van der Waals surface area contributed by atoms with Gasteiger partial charge >= 0.3 is 5.71 Å². The van der Waals surface area contributed by atoms with E-state index in [1.807, 2.05) is 36.4 Å². The number of hydrogen-bond donors (Lipinski definition) is 0. The largest absolute Gasteiger partial charge is 0.361 e. The predicted octanol–water partition coefficient (Wildman–Crippen LogP) is 1.75.